The van der Waals surface area contributed by atoms with Crippen LogP contribution in [0, 0.1) is 33.5 Å². The Hall–Kier alpha value is -2.92. The van der Waals surface area contributed by atoms with Crippen LogP contribution in [0.2, 0.25) is 0 Å². The lowest BCUT2D eigenvalue weighted by Gasteiger charge is -2.22. The van der Waals surface area contributed by atoms with Gasteiger partial charge >= 0.3 is 0 Å². The van der Waals surface area contributed by atoms with Gasteiger partial charge in [0, 0.05) is 52.5 Å². The van der Waals surface area contributed by atoms with Crippen molar-refractivity contribution in [1.29, 1.82) is 0 Å². The van der Waals surface area contributed by atoms with Crippen LogP contribution < -0.4 is 0 Å². The van der Waals surface area contributed by atoms with Crippen molar-refractivity contribution in [2.24, 2.45) is 0 Å². The van der Waals surface area contributed by atoms with Gasteiger partial charge in [-0.2, -0.15) is 3.89 Å². The maximum atomic E-state index is 16.2. The van der Waals surface area contributed by atoms with E-state index < -0.39 is 0 Å². The normalized spacial score (nSPS) is 11.8. The van der Waals surface area contributed by atoms with Crippen LogP contribution in [0.25, 0.3) is 38.4 Å². The number of unbranched alkanes of at least 4 members (excludes halogenated alkanes) is 2. The van der Waals surface area contributed by atoms with Crippen molar-refractivity contribution in [2.75, 3.05) is 6.26 Å². The molecule has 0 bridgehead atoms. The third kappa shape index (κ3) is 6.35. The molecule has 0 fully saturated rings. The van der Waals surface area contributed by atoms with E-state index in [-0.39, 0.29) is 23.9 Å². The molecule has 3 aromatic carbocycles. The minimum atomic E-state index is -0.151. The van der Waals surface area contributed by atoms with Gasteiger partial charge in [0.25, 0.3) is 0 Å². The minimum absolute atomic E-state index is 0.151. The molecule has 5 rings (SSSR count). The van der Waals surface area contributed by atoms with Gasteiger partial charge < -0.3 is 0 Å². The number of pyridine rings is 1. The van der Waals surface area contributed by atoms with E-state index in [4.69, 9.17) is 4.98 Å². The number of nitrogens with zero attached hydrogens (tertiary/aromatic N) is 2. The molecular weight excluding hydrogens is 518 g/mol. The zero-order chi connectivity index (χ0) is 29.6. The fourth-order valence-corrected chi connectivity index (χ4v) is 5.70. The van der Waals surface area contributed by atoms with Crippen LogP contribution in [0.15, 0.2) is 48.8 Å². The van der Waals surface area contributed by atoms with Crippen molar-refractivity contribution in [3.8, 4) is 11.1 Å². The Morgan fingerprint density at radius 2 is 1.50 bits per heavy atom. The van der Waals surface area contributed by atoms with Crippen LogP contribution in [-0.4, -0.2) is 15.6 Å². The van der Waals surface area contributed by atoms with Gasteiger partial charge in [0.15, 0.2) is 0 Å². The van der Waals surface area contributed by atoms with Gasteiger partial charge in [0.1, 0.15) is 11.5 Å². The summed E-state index contributed by atoms with van der Waals surface area (Å²) in [6.45, 7) is 17.1. The highest BCUT2D eigenvalue weighted by atomic mass is 32.2. The Bertz CT molecular complexity index is 1580. The fourth-order valence-electron chi connectivity index (χ4n) is 5.70. The first-order valence-corrected chi connectivity index (χ1v) is 15.5. The predicted octanol–water partition coefficient (Wildman–Crippen LogP) is 11.6. The summed E-state index contributed by atoms with van der Waals surface area (Å²) in [5.41, 5.74) is 9.24. The van der Waals surface area contributed by atoms with Crippen molar-refractivity contribution in [3.05, 3.63) is 82.4 Å². The lowest BCUT2D eigenvalue weighted by Crippen LogP contribution is -2.03. The van der Waals surface area contributed by atoms with Gasteiger partial charge in [0.2, 0.25) is 0 Å². The second-order valence-corrected chi connectivity index (χ2v) is 11.1. The lowest BCUT2D eigenvalue weighted by molar-refractivity contribution is 0.626. The third-order valence-electron chi connectivity index (χ3n) is 7.63. The van der Waals surface area contributed by atoms with Crippen molar-refractivity contribution < 1.29 is 8.28 Å². The molecule has 0 amide bonds. The highest BCUT2D eigenvalue weighted by Gasteiger charge is 2.24. The van der Waals surface area contributed by atoms with E-state index in [1.807, 2.05) is 12.4 Å². The molecule has 0 saturated heterocycles. The number of fused-ring (bicyclic) bond motifs is 6. The van der Waals surface area contributed by atoms with E-state index in [9.17, 15) is 3.89 Å². The molecule has 0 aliphatic heterocycles. The predicted molar refractivity (Wildman–Crippen MR) is 173 cm³/mol. The quantitative estimate of drug-likeness (QED) is 0.198. The molecule has 0 spiro atoms. The molecule has 40 heavy (non-hydrogen) atoms. The Labute approximate surface area is 243 Å². The number of rotatable bonds is 5. The van der Waals surface area contributed by atoms with Crippen LogP contribution >= 0.6 is 12.1 Å². The number of benzene rings is 3. The van der Waals surface area contributed by atoms with Crippen LogP contribution in [0.3, 0.4) is 0 Å². The Kier molecular flexibility index (Phi) is 11.2. The number of imidazole rings is 1. The second kappa shape index (κ2) is 14.1. The molecule has 5 aromatic rings. The molecule has 2 aromatic heterocycles. The first kappa shape index (κ1) is 31.6. The average Bonchev–Trinajstić information content (AvgIpc) is 3.39. The van der Waals surface area contributed by atoms with Gasteiger partial charge in [-0.05, 0) is 80.5 Å². The molecule has 0 radical (unpaired) electrons. The number of halogens is 2. The van der Waals surface area contributed by atoms with Gasteiger partial charge in [-0.3, -0.25) is 4.40 Å². The van der Waals surface area contributed by atoms with Crippen molar-refractivity contribution in [2.45, 2.75) is 87.0 Å². The summed E-state index contributed by atoms with van der Waals surface area (Å²) in [6.07, 6.45) is 10.3. The summed E-state index contributed by atoms with van der Waals surface area (Å²) in [5.74, 6) is 0.0746. The van der Waals surface area contributed by atoms with E-state index in [1.165, 1.54) is 31.1 Å². The molecule has 1 atom stereocenters. The minimum Gasteiger partial charge on any atom is -0.299 e. The number of aryl methyl sites for hydroxylation is 4. The van der Waals surface area contributed by atoms with E-state index in [2.05, 4.69) is 90.1 Å². The van der Waals surface area contributed by atoms with Gasteiger partial charge in [-0.15, -0.1) is 0 Å². The summed E-state index contributed by atoms with van der Waals surface area (Å²) < 4.78 is 28.5. The number of hydrogen-bond donors (Lipinski definition) is 0. The summed E-state index contributed by atoms with van der Waals surface area (Å²) in [7, 11) is 0. The average molecular weight is 563 g/mol. The SMILES string of the molecule is CCC(C)c1cc(F)c(-c2c(C)cc(C)cc2C)c2c3cc(C)ccc3n3ccnc3c12.CCCCC.CSF. The summed E-state index contributed by atoms with van der Waals surface area (Å²) in [5, 5.41) is 3.12. The summed E-state index contributed by atoms with van der Waals surface area (Å²) in [4.78, 5) is 4.76. The van der Waals surface area contributed by atoms with Crippen molar-refractivity contribution in [1.82, 2.24) is 9.38 Å². The monoisotopic (exact) mass is 562 g/mol. The fraction of sp³-hybridized carbons (Fsp3) is 0.400. The zero-order valence-electron chi connectivity index (χ0n) is 25.6. The molecule has 0 N–H and O–H groups in total. The van der Waals surface area contributed by atoms with Crippen LogP contribution in [0.4, 0.5) is 8.28 Å². The smallest absolute Gasteiger partial charge is 0.145 e. The molecule has 0 aliphatic carbocycles. The molecule has 2 nitrogen and oxygen atoms in total. The first-order valence-electron chi connectivity index (χ1n) is 14.4. The Morgan fingerprint density at radius 1 is 0.875 bits per heavy atom. The summed E-state index contributed by atoms with van der Waals surface area (Å²) in [6, 6.07) is 12.5. The topological polar surface area (TPSA) is 17.3 Å². The molecule has 1 unspecified atom stereocenters. The van der Waals surface area contributed by atoms with Gasteiger partial charge in [-0.25, -0.2) is 9.37 Å². The van der Waals surface area contributed by atoms with E-state index in [0.29, 0.717) is 5.56 Å². The van der Waals surface area contributed by atoms with E-state index in [1.54, 1.807) is 6.07 Å². The van der Waals surface area contributed by atoms with E-state index in [0.717, 1.165) is 61.6 Å². The van der Waals surface area contributed by atoms with Crippen LogP contribution in [-0.2, 0) is 0 Å². The largest absolute Gasteiger partial charge is 0.299 e. The maximum Gasteiger partial charge on any atom is 0.145 e. The van der Waals surface area contributed by atoms with Gasteiger partial charge in [-0.1, -0.05) is 76.3 Å². The van der Waals surface area contributed by atoms with Crippen molar-refractivity contribution in [3.63, 3.8) is 0 Å². The molecule has 0 saturated carbocycles. The van der Waals surface area contributed by atoms with Crippen LogP contribution in [0.1, 0.15) is 87.1 Å². The highest BCUT2D eigenvalue weighted by molar-refractivity contribution is 7.93. The zero-order valence-corrected chi connectivity index (χ0v) is 26.4. The van der Waals surface area contributed by atoms with Crippen molar-refractivity contribution >= 4 is 39.5 Å². The number of hydrogen-bond acceptors (Lipinski definition) is 2. The lowest BCUT2D eigenvalue weighted by atomic mass is 9.84. The molecule has 214 valence electrons. The summed E-state index contributed by atoms with van der Waals surface area (Å²) >= 11 is 0.250. The molecule has 2 heterocycles. The van der Waals surface area contributed by atoms with E-state index >= 15 is 4.39 Å². The second-order valence-electron chi connectivity index (χ2n) is 10.8. The molecular formula is C35H44F2N2S. The number of aromatic nitrogens is 2. The first-order chi connectivity index (χ1) is 19.1. The molecule has 0 aliphatic rings. The highest BCUT2D eigenvalue weighted by Crippen LogP contribution is 2.44. The van der Waals surface area contributed by atoms with Crippen LogP contribution in [0.5, 0.6) is 0 Å². The maximum absolute atomic E-state index is 16.2. The van der Waals surface area contributed by atoms with Gasteiger partial charge in [0.05, 0.1) is 5.52 Å². The third-order valence-corrected chi connectivity index (χ3v) is 7.63. The molecule has 5 heteroatoms. The standard InChI is InChI=1S/C29H29FN2.C5H12.CH3FS/c1-7-18(4)21-15-23(30)28(25-19(5)12-17(3)13-20(25)6)26-22-14-16(2)8-9-24(22)32-11-10-31-29(32)27(21)26;1-3-5-4-2;1-3-2/h8-15,18H,7H2,1-6H3;3-5H2,1-2H3;1H3. The Morgan fingerprint density at radius 3 is 2.05 bits per heavy atom. The Balaban J connectivity index is 0.000000490.